The fourth-order valence-electron chi connectivity index (χ4n) is 1.79. The van der Waals surface area contributed by atoms with Crippen LogP contribution in [0, 0.1) is 0 Å². The summed E-state index contributed by atoms with van der Waals surface area (Å²) in [5.74, 6) is 0.789. The van der Waals surface area contributed by atoms with Gasteiger partial charge in [0.2, 0.25) is 0 Å². The number of nitrogens with zero attached hydrogens (tertiary/aromatic N) is 2. The molecular formula is C10H15ClN4. The molecule has 1 saturated heterocycles. The molecule has 1 aromatic heterocycles. The highest BCUT2D eigenvalue weighted by atomic mass is 35.5. The molecule has 2 N–H and O–H groups in total. The minimum atomic E-state index is 0.429. The molecule has 1 atom stereocenters. The van der Waals surface area contributed by atoms with Crippen LogP contribution < -0.4 is 10.6 Å². The molecule has 0 amide bonds. The van der Waals surface area contributed by atoms with Gasteiger partial charge in [-0.3, -0.25) is 0 Å². The van der Waals surface area contributed by atoms with Crippen LogP contribution >= 0.6 is 11.6 Å². The second-order valence-electron chi connectivity index (χ2n) is 3.75. The average Bonchev–Trinajstić information content (AvgIpc) is 2.74. The highest BCUT2D eigenvalue weighted by molar-refractivity contribution is 6.29. The number of halogens is 1. The van der Waals surface area contributed by atoms with Crippen molar-refractivity contribution < 1.29 is 0 Å². The van der Waals surface area contributed by atoms with Gasteiger partial charge in [0, 0.05) is 12.6 Å². The molecule has 4 nitrogen and oxygen atoms in total. The minimum Gasteiger partial charge on any atom is -0.369 e. The topological polar surface area (TPSA) is 49.8 Å². The molecule has 1 unspecified atom stereocenters. The maximum atomic E-state index is 5.64. The zero-order valence-electron chi connectivity index (χ0n) is 8.54. The first kappa shape index (κ1) is 10.6. The summed E-state index contributed by atoms with van der Waals surface area (Å²) in [6.45, 7) is 2.08. The van der Waals surface area contributed by atoms with Gasteiger partial charge in [0.05, 0.1) is 0 Å². The van der Waals surface area contributed by atoms with Crippen molar-refractivity contribution in [3.63, 3.8) is 0 Å². The van der Waals surface area contributed by atoms with E-state index in [-0.39, 0.29) is 0 Å². The van der Waals surface area contributed by atoms with Gasteiger partial charge in [0.1, 0.15) is 5.82 Å². The van der Waals surface area contributed by atoms with E-state index in [0.29, 0.717) is 11.2 Å². The smallest absolute Gasteiger partial charge is 0.151 e. The van der Waals surface area contributed by atoms with Gasteiger partial charge in [0.15, 0.2) is 5.15 Å². The van der Waals surface area contributed by atoms with Crippen LogP contribution in [0.4, 0.5) is 5.82 Å². The number of rotatable bonds is 4. The molecule has 1 fully saturated rings. The zero-order valence-corrected chi connectivity index (χ0v) is 9.30. The van der Waals surface area contributed by atoms with Gasteiger partial charge in [-0.1, -0.05) is 11.6 Å². The molecule has 1 aliphatic heterocycles. The lowest BCUT2D eigenvalue weighted by Crippen LogP contribution is -2.24. The van der Waals surface area contributed by atoms with Crippen molar-refractivity contribution in [2.24, 2.45) is 0 Å². The predicted octanol–water partition coefficient (Wildman–Crippen LogP) is 1.68. The van der Waals surface area contributed by atoms with E-state index >= 15 is 0 Å². The number of anilines is 1. The molecule has 1 aliphatic rings. The first-order valence-corrected chi connectivity index (χ1v) is 5.69. The van der Waals surface area contributed by atoms with Gasteiger partial charge >= 0.3 is 0 Å². The van der Waals surface area contributed by atoms with E-state index in [1.54, 1.807) is 6.07 Å². The molecule has 0 saturated carbocycles. The molecule has 2 heterocycles. The summed E-state index contributed by atoms with van der Waals surface area (Å²) in [4.78, 5) is 0. The molecule has 0 spiro atoms. The number of hydrogen-bond donors (Lipinski definition) is 2. The lowest BCUT2D eigenvalue weighted by Gasteiger charge is -2.10. The molecule has 1 aromatic rings. The lowest BCUT2D eigenvalue weighted by atomic mass is 10.1. The maximum absolute atomic E-state index is 5.64. The second-order valence-corrected chi connectivity index (χ2v) is 4.14. The summed E-state index contributed by atoms with van der Waals surface area (Å²) in [5, 5.41) is 14.8. The SMILES string of the molecule is Clc1ccc(NCCC2CCCN2)nn1. The van der Waals surface area contributed by atoms with E-state index in [1.165, 1.54) is 12.8 Å². The van der Waals surface area contributed by atoms with Crippen LogP contribution in [0.2, 0.25) is 5.15 Å². The Kier molecular flexibility index (Phi) is 3.75. The van der Waals surface area contributed by atoms with Crippen molar-refractivity contribution >= 4 is 17.4 Å². The van der Waals surface area contributed by atoms with Crippen LogP contribution in [0.5, 0.6) is 0 Å². The predicted molar refractivity (Wildman–Crippen MR) is 61.2 cm³/mol. The number of aromatic nitrogens is 2. The van der Waals surface area contributed by atoms with Crippen molar-refractivity contribution in [3.8, 4) is 0 Å². The molecular weight excluding hydrogens is 212 g/mol. The van der Waals surface area contributed by atoms with Crippen LogP contribution in [0.3, 0.4) is 0 Å². The van der Waals surface area contributed by atoms with E-state index in [0.717, 1.165) is 25.3 Å². The Balaban J connectivity index is 1.71. The average molecular weight is 227 g/mol. The standard InChI is InChI=1S/C10H15ClN4/c11-9-3-4-10(15-14-9)13-7-5-8-2-1-6-12-8/h3-4,8,12H,1-2,5-7H2,(H,13,15). The van der Waals surface area contributed by atoms with Crippen LogP contribution in [-0.2, 0) is 0 Å². The third kappa shape index (κ3) is 3.32. The Morgan fingerprint density at radius 3 is 3.07 bits per heavy atom. The van der Waals surface area contributed by atoms with E-state index in [1.807, 2.05) is 6.07 Å². The number of nitrogens with one attached hydrogen (secondary N) is 2. The zero-order chi connectivity index (χ0) is 10.5. The van der Waals surface area contributed by atoms with Crippen molar-refractivity contribution in [2.45, 2.75) is 25.3 Å². The van der Waals surface area contributed by atoms with Crippen LogP contribution in [-0.4, -0.2) is 29.3 Å². The first-order chi connectivity index (χ1) is 7.34. The van der Waals surface area contributed by atoms with E-state index in [9.17, 15) is 0 Å². The molecule has 5 heteroatoms. The van der Waals surface area contributed by atoms with Gasteiger partial charge in [-0.05, 0) is 37.9 Å². The molecule has 82 valence electrons. The monoisotopic (exact) mass is 226 g/mol. The minimum absolute atomic E-state index is 0.429. The second kappa shape index (κ2) is 5.28. The molecule has 0 aromatic carbocycles. The van der Waals surface area contributed by atoms with Crippen molar-refractivity contribution in [3.05, 3.63) is 17.3 Å². The Labute approximate surface area is 94.4 Å². The summed E-state index contributed by atoms with van der Waals surface area (Å²) in [6.07, 6.45) is 3.71. The summed E-state index contributed by atoms with van der Waals surface area (Å²) in [7, 11) is 0. The van der Waals surface area contributed by atoms with Gasteiger partial charge in [-0.25, -0.2) is 0 Å². The molecule has 0 radical (unpaired) electrons. The first-order valence-electron chi connectivity index (χ1n) is 5.31. The van der Waals surface area contributed by atoms with Crippen LogP contribution in [0.1, 0.15) is 19.3 Å². The van der Waals surface area contributed by atoms with Crippen molar-refractivity contribution in [1.82, 2.24) is 15.5 Å². The Bertz CT molecular complexity index is 295. The lowest BCUT2D eigenvalue weighted by molar-refractivity contribution is 0.574. The van der Waals surface area contributed by atoms with Gasteiger partial charge < -0.3 is 10.6 Å². The largest absolute Gasteiger partial charge is 0.369 e. The Morgan fingerprint density at radius 2 is 2.40 bits per heavy atom. The van der Waals surface area contributed by atoms with Crippen molar-refractivity contribution in [2.75, 3.05) is 18.4 Å². The molecule has 0 bridgehead atoms. The number of hydrogen-bond acceptors (Lipinski definition) is 4. The summed E-state index contributed by atoms with van der Waals surface area (Å²) < 4.78 is 0. The summed E-state index contributed by atoms with van der Waals surface area (Å²) >= 11 is 5.64. The molecule has 2 rings (SSSR count). The van der Waals surface area contributed by atoms with E-state index in [2.05, 4.69) is 20.8 Å². The fraction of sp³-hybridized carbons (Fsp3) is 0.600. The molecule has 15 heavy (non-hydrogen) atoms. The van der Waals surface area contributed by atoms with E-state index in [4.69, 9.17) is 11.6 Å². The summed E-state index contributed by atoms with van der Waals surface area (Å²) in [5.41, 5.74) is 0. The Morgan fingerprint density at radius 1 is 1.47 bits per heavy atom. The van der Waals surface area contributed by atoms with Gasteiger partial charge in [0.25, 0.3) is 0 Å². The highest BCUT2D eigenvalue weighted by Crippen LogP contribution is 2.10. The third-order valence-corrected chi connectivity index (χ3v) is 2.79. The van der Waals surface area contributed by atoms with E-state index < -0.39 is 0 Å². The third-order valence-electron chi connectivity index (χ3n) is 2.59. The fourth-order valence-corrected chi connectivity index (χ4v) is 1.89. The van der Waals surface area contributed by atoms with Gasteiger partial charge in [-0.2, -0.15) is 0 Å². The normalized spacial score (nSPS) is 20.5. The maximum Gasteiger partial charge on any atom is 0.151 e. The van der Waals surface area contributed by atoms with Crippen LogP contribution in [0.15, 0.2) is 12.1 Å². The van der Waals surface area contributed by atoms with Gasteiger partial charge in [-0.15, -0.1) is 10.2 Å². The van der Waals surface area contributed by atoms with Crippen LogP contribution in [0.25, 0.3) is 0 Å². The summed E-state index contributed by atoms with van der Waals surface area (Å²) in [6, 6.07) is 4.25. The molecule has 0 aliphatic carbocycles. The van der Waals surface area contributed by atoms with Crippen molar-refractivity contribution in [1.29, 1.82) is 0 Å². The quantitative estimate of drug-likeness (QED) is 0.821. The Hall–Kier alpha value is -0.870. The highest BCUT2D eigenvalue weighted by Gasteiger charge is 2.12.